The van der Waals surface area contributed by atoms with Crippen molar-refractivity contribution >= 4 is 17.9 Å². The van der Waals surface area contributed by atoms with E-state index in [4.69, 9.17) is 14.2 Å². The molecule has 0 rings (SSSR count). The summed E-state index contributed by atoms with van der Waals surface area (Å²) < 4.78 is 16.5. The molecule has 0 aliphatic rings. The van der Waals surface area contributed by atoms with Crippen molar-refractivity contribution in [3.8, 4) is 0 Å². The van der Waals surface area contributed by atoms with Gasteiger partial charge in [0.05, 0.1) is 6.42 Å². The third-order valence-electron chi connectivity index (χ3n) is 9.23. The molecule has 0 aliphatic heterocycles. The summed E-state index contributed by atoms with van der Waals surface area (Å²) in [4.78, 5) is 37.6. The van der Waals surface area contributed by atoms with Gasteiger partial charge >= 0.3 is 17.9 Å². The molecule has 0 fully saturated rings. The number of hydrogen-bond donors (Lipinski definition) is 0. The molecule has 0 N–H and O–H groups in total. The Labute approximate surface area is 338 Å². The monoisotopic (exact) mass is 767 g/mol. The number of carbonyl (C=O) groups is 3. The average Bonchev–Trinajstić information content (AvgIpc) is 3.18. The number of esters is 3. The van der Waals surface area contributed by atoms with E-state index in [9.17, 15) is 14.4 Å². The van der Waals surface area contributed by atoms with Gasteiger partial charge in [-0.05, 0) is 70.6 Å². The van der Waals surface area contributed by atoms with Crippen LogP contribution < -0.4 is 0 Å². The first-order valence-electron chi connectivity index (χ1n) is 22.4. The fraction of sp³-hybridized carbons (Fsp3) is 0.694. The zero-order valence-corrected chi connectivity index (χ0v) is 35.7. The van der Waals surface area contributed by atoms with E-state index in [0.717, 1.165) is 83.5 Å². The van der Waals surface area contributed by atoms with Crippen molar-refractivity contribution < 1.29 is 28.6 Å². The third-order valence-corrected chi connectivity index (χ3v) is 9.23. The van der Waals surface area contributed by atoms with Gasteiger partial charge in [-0.15, -0.1) is 0 Å². The minimum Gasteiger partial charge on any atom is -0.462 e. The number of carbonyl (C=O) groups excluding carboxylic acids is 3. The molecule has 0 amide bonds. The highest BCUT2D eigenvalue weighted by Crippen LogP contribution is 2.13. The normalized spacial score (nSPS) is 12.7. The van der Waals surface area contributed by atoms with Gasteiger partial charge in [0.25, 0.3) is 0 Å². The first-order chi connectivity index (χ1) is 27.0. The lowest BCUT2D eigenvalue weighted by Gasteiger charge is -2.18. The van der Waals surface area contributed by atoms with E-state index in [0.29, 0.717) is 12.8 Å². The summed E-state index contributed by atoms with van der Waals surface area (Å²) in [5.41, 5.74) is 0. The van der Waals surface area contributed by atoms with Crippen molar-refractivity contribution in [1.29, 1.82) is 0 Å². The van der Waals surface area contributed by atoms with E-state index in [1.54, 1.807) is 6.08 Å². The van der Waals surface area contributed by atoms with Crippen LogP contribution in [0.25, 0.3) is 0 Å². The average molecular weight is 767 g/mol. The van der Waals surface area contributed by atoms with Crippen molar-refractivity contribution in [3.63, 3.8) is 0 Å². The second kappa shape index (κ2) is 43.6. The van der Waals surface area contributed by atoms with Gasteiger partial charge in [-0.2, -0.15) is 0 Å². The Balaban J connectivity index is 4.50. The van der Waals surface area contributed by atoms with E-state index in [2.05, 4.69) is 81.5 Å². The van der Waals surface area contributed by atoms with Crippen molar-refractivity contribution in [2.24, 2.45) is 0 Å². The lowest BCUT2D eigenvalue weighted by molar-refractivity contribution is -0.166. The van der Waals surface area contributed by atoms with Crippen LogP contribution in [0.3, 0.4) is 0 Å². The third kappa shape index (κ3) is 41.8. The van der Waals surface area contributed by atoms with Gasteiger partial charge in [0.1, 0.15) is 13.2 Å². The van der Waals surface area contributed by atoms with Crippen LogP contribution in [0.2, 0.25) is 0 Å². The molecule has 0 radical (unpaired) electrons. The van der Waals surface area contributed by atoms with Crippen LogP contribution in [0.4, 0.5) is 0 Å². The number of allylic oxidation sites excluding steroid dienone is 11. The Bertz CT molecular complexity index is 1070. The van der Waals surface area contributed by atoms with Gasteiger partial charge in [0, 0.05) is 12.8 Å². The molecule has 6 nitrogen and oxygen atoms in total. The van der Waals surface area contributed by atoms with E-state index >= 15 is 0 Å². The molecule has 0 saturated carbocycles. The number of ether oxygens (including phenoxy) is 3. The maximum absolute atomic E-state index is 12.7. The molecule has 55 heavy (non-hydrogen) atoms. The van der Waals surface area contributed by atoms with Crippen LogP contribution in [0, 0.1) is 0 Å². The highest BCUT2D eigenvalue weighted by atomic mass is 16.6. The molecule has 0 aromatic heterocycles. The maximum atomic E-state index is 12.7. The summed E-state index contributed by atoms with van der Waals surface area (Å²) in [6.07, 6.45) is 53.4. The van der Waals surface area contributed by atoms with Gasteiger partial charge in [0.15, 0.2) is 6.10 Å². The summed E-state index contributed by atoms with van der Waals surface area (Å²) >= 11 is 0. The highest BCUT2D eigenvalue weighted by Gasteiger charge is 2.19. The lowest BCUT2D eigenvalue weighted by Crippen LogP contribution is -2.30. The summed E-state index contributed by atoms with van der Waals surface area (Å²) in [7, 11) is 0. The van der Waals surface area contributed by atoms with Gasteiger partial charge in [0.2, 0.25) is 0 Å². The van der Waals surface area contributed by atoms with E-state index < -0.39 is 12.1 Å². The van der Waals surface area contributed by atoms with Gasteiger partial charge < -0.3 is 14.2 Å². The quantitative estimate of drug-likeness (QED) is 0.0268. The topological polar surface area (TPSA) is 78.9 Å². The van der Waals surface area contributed by atoms with Crippen molar-refractivity contribution in [1.82, 2.24) is 0 Å². The number of rotatable bonds is 39. The van der Waals surface area contributed by atoms with Gasteiger partial charge in [-0.1, -0.05) is 184 Å². The molecule has 6 heteroatoms. The molecule has 0 bridgehead atoms. The smallest absolute Gasteiger partial charge is 0.309 e. The zero-order chi connectivity index (χ0) is 40.1. The Kier molecular flexibility index (Phi) is 41.1. The standard InChI is InChI=1S/C49H82O6/c1-4-7-10-13-16-19-21-23-25-27-28-30-33-36-39-42-48(51)54-45-46(44-53-47(50)41-38-35-32-18-15-12-9-6-3)55-49(52)43-40-37-34-31-29-26-24-22-20-17-14-11-8-5-2/h7,10,16,19,22-25,28,30,36,39,46H,4-6,8-9,11-15,17-18,20-21,26-27,29,31-35,37-38,40-45H2,1-3H3/b10-7-,19-16-,24-22-,25-23-,30-28-,39-36-. The van der Waals surface area contributed by atoms with Crippen LogP contribution >= 0.6 is 0 Å². The summed E-state index contributed by atoms with van der Waals surface area (Å²) in [6.45, 7) is 6.36. The summed E-state index contributed by atoms with van der Waals surface area (Å²) in [6, 6.07) is 0. The van der Waals surface area contributed by atoms with Crippen LogP contribution in [0.5, 0.6) is 0 Å². The Morgan fingerprint density at radius 3 is 1.25 bits per heavy atom. The molecular weight excluding hydrogens is 685 g/mol. The minimum atomic E-state index is -0.814. The van der Waals surface area contributed by atoms with E-state index in [1.807, 2.05) is 6.08 Å². The zero-order valence-electron chi connectivity index (χ0n) is 35.7. The van der Waals surface area contributed by atoms with Crippen molar-refractivity contribution in [2.75, 3.05) is 13.2 Å². The maximum Gasteiger partial charge on any atom is 0.309 e. The first kappa shape index (κ1) is 51.9. The van der Waals surface area contributed by atoms with Crippen LogP contribution in [0.1, 0.15) is 201 Å². The minimum absolute atomic E-state index is 0.108. The predicted molar refractivity (Wildman–Crippen MR) is 233 cm³/mol. The molecular formula is C49H82O6. The van der Waals surface area contributed by atoms with Gasteiger partial charge in [-0.3, -0.25) is 14.4 Å². The first-order valence-corrected chi connectivity index (χ1v) is 22.4. The molecule has 0 aromatic carbocycles. The predicted octanol–water partition coefficient (Wildman–Crippen LogP) is 14.3. The van der Waals surface area contributed by atoms with Crippen LogP contribution in [0.15, 0.2) is 72.9 Å². The Morgan fingerprint density at radius 1 is 0.400 bits per heavy atom. The van der Waals surface area contributed by atoms with Crippen molar-refractivity contribution in [3.05, 3.63) is 72.9 Å². The number of unbranched alkanes of at least 4 members (excludes halogenated alkanes) is 17. The molecule has 314 valence electrons. The Hall–Kier alpha value is -3.15. The second-order valence-electron chi connectivity index (χ2n) is 14.6. The molecule has 0 saturated heterocycles. The molecule has 1 unspecified atom stereocenters. The van der Waals surface area contributed by atoms with E-state index in [-0.39, 0.29) is 31.6 Å². The summed E-state index contributed by atoms with van der Waals surface area (Å²) in [5, 5.41) is 0. The molecule has 0 aromatic rings. The largest absolute Gasteiger partial charge is 0.462 e. The van der Waals surface area contributed by atoms with Gasteiger partial charge in [-0.25, -0.2) is 0 Å². The molecule has 0 heterocycles. The molecule has 1 atom stereocenters. The lowest BCUT2D eigenvalue weighted by atomic mass is 10.1. The van der Waals surface area contributed by atoms with Crippen LogP contribution in [-0.4, -0.2) is 37.2 Å². The number of hydrogen-bond acceptors (Lipinski definition) is 6. The summed E-state index contributed by atoms with van der Waals surface area (Å²) in [5.74, 6) is -1.06. The fourth-order valence-corrected chi connectivity index (χ4v) is 5.86. The SMILES string of the molecule is CC/C=C\C/C=C\C/C=C\C/C=C\C/C=C\CC(=O)OCC(COC(=O)CCCCCCCCCC)OC(=O)CCCCCCC/C=C\CCCCCCC. The molecule has 0 aliphatic carbocycles. The van der Waals surface area contributed by atoms with Crippen molar-refractivity contribution in [2.45, 2.75) is 207 Å². The highest BCUT2D eigenvalue weighted by molar-refractivity contribution is 5.72. The molecule has 0 spiro atoms. The Morgan fingerprint density at radius 2 is 0.782 bits per heavy atom. The van der Waals surface area contributed by atoms with E-state index in [1.165, 1.54) is 77.0 Å². The second-order valence-corrected chi connectivity index (χ2v) is 14.6. The fourth-order valence-electron chi connectivity index (χ4n) is 5.86. The van der Waals surface area contributed by atoms with Crippen LogP contribution in [-0.2, 0) is 28.6 Å².